The van der Waals surface area contributed by atoms with Crippen LogP contribution in [-0.2, 0) is 19.1 Å². The summed E-state index contributed by atoms with van der Waals surface area (Å²) in [5, 5.41) is 0. The Morgan fingerprint density at radius 3 is 1.38 bits per heavy atom. The maximum absolute atomic E-state index is 12.7. The largest absolute Gasteiger partial charge is 0.465 e. The Morgan fingerprint density at radius 1 is 0.655 bits per heavy atom. The molecule has 0 aliphatic rings. The molecule has 0 unspecified atom stereocenters. The highest BCUT2D eigenvalue weighted by molar-refractivity contribution is 6.00. The number of hydrogen-bond donors (Lipinski definition) is 0. The molecule has 4 nitrogen and oxygen atoms in total. The van der Waals surface area contributed by atoms with Gasteiger partial charge in [0, 0.05) is 0 Å². The average Bonchev–Trinajstić information content (AvgIpc) is 2.67. The molecular formula is C25H48O4. The van der Waals surface area contributed by atoms with Crippen molar-refractivity contribution in [2.45, 2.75) is 125 Å². The molecule has 0 aliphatic heterocycles. The van der Waals surface area contributed by atoms with E-state index in [1.807, 2.05) is 13.8 Å². The molecule has 172 valence electrons. The number of hydrogen-bond acceptors (Lipinski definition) is 4. The smallest absolute Gasteiger partial charge is 0.323 e. The van der Waals surface area contributed by atoms with Gasteiger partial charge >= 0.3 is 11.9 Å². The minimum absolute atomic E-state index is 0.223. The van der Waals surface area contributed by atoms with Crippen molar-refractivity contribution in [3.63, 3.8) is 0 Å². The van der Waals surface area contributed by atoms with E-state index in [0.717, 1.165) is 12.8 Å². The van der Waals surface area contributed by atoms with Crippen LogP contribution in [0.4, 0.5) is 0 Å². The zero-order chi connectivity index (χ0) is 22.0. The molecule has 0 bridgehead atoms. The molecule has 4 heteroatoms. The first kappa shape index (κ1) is 27.9. The van der Waals surface area contributed by atoms with Crippen LogP contribution in [0.2, 0.25) is 0 Å². The van der Waals surface area contributed by atoms with Gasteiger partial charge in [-0.25, -0.2) is 0 Å². The molecule has 29 heavy (non-hydrogen) atoms. The Kier molecular flexibility index (Phi) is 17.1. The van der Waals surface area contributed by atoms with Crippen LogP contribution in [0.1, 0.15) is 125 Å². The van der Waals surface area contributed by atoms with Crippen molar-refractivity contribution in [2.75, 3.05) is 13.2 Å². The van der Waals surface area contributed by atoms with Crippen molar-refractivity contribution >= 4 is 11.9 Å². The zero-order valence-electron chi connectivity index (χ0n) is 20.0. The van der Waals surface area contributed by atoms with Crippen LogP contribution in [0, 0.1) is 11.3 Å². The fourth-order valence-corrected chi connectivity index (χ4v) is 4.06. The molecule has 0 rings (SSSR count). The summed E-state index contributed by atoms with van der Waals surface area (Å²) < 4.78 is 10.6. The minimum atomic E-state index is -1.14. The van der Waals surface area contributed by atoms with Crippen LogP contribution in [0.15, 0.2) is 0 Å². The molecule has 0 fully saturated rings. The van der Waals surface area contributed by atoms with Gasteiger partial charge in [0.1, 0.15) is 0 Å². The van der Waals surface area contributed by atoms with Crippen molar-refractivity contribution in [1.29, 1.82) is 0 Å². The van der Waals surface area contributed by atoms with E-state index in [9.17, 15) is 9.59 Å². The first-order chi connectivity index (χ1) is 13.9. The highest BCUT2D eigenvalue weighted by Crippen LogP contribution is 2.36. The topological polar surface area (TPSA) is 52.6 Å². The Hall–Kier alpha value is -1.06. The van der Waals surface area contributed by atoms with E-state index < -0.39 is 17.4 Å². The summed E-state index contributed by atoms with van der Waals surface area (Å²) in [5.74, 6) is -0.591. The van der Waals surface area contributed by atoms with Crippen LogP contribution in [0.5, 0.6) is 0 Å². The first-order valence-corrected chi connectivity index (χ1v) is 12.3. The van der Waals surface area contributed by atoms with Gasteiger partial charge in [0.2, 0.25) is 0 Å². The quantitative estimate of drug-likeness (QED) is 0.127. The third-order valence-corrected chi connectivity index (χ3v) is 5.55. The lowest BCUT2D eigenvalue weighted by Gasteiger charge is -2.30. The van der Waals surface area contributed by atoms with E-state index in [0.29, 0.717) is 12.8 Å². The lowest BCUT2D eigenvalue weighted by atomic mass is 9.75. The second-order valence-electron chi connectivity index (χ2n) is 8.76. The molecule has 0 N–H and O–H groups in total. The lowest BCUT2D eigenvalue weighted by molar-refractivity contribution is -0.174. The van der Waals surface area contributed by atoms with Gasteiger partial charge in [-0.2, -0.15) is 0 Å². The van der Waals surface area contributed by atoms with E-state index in [2.05, 4.69) is 6.92 Å². The van der Waals surface area contributed by atoms with Gasteiger partial charge in [0.15, 0.2) is 5.41 Å². The number of rotatable bonds is 19. The van der Waals surface area contributed by atoms with Crippen LogP contribution in [0.3, 0.4) is 0 Å². The van der Waals surface area contributed by atoms with Crippen LogP contribution in [0.25, 0.3) is 0 Å². The molecule has 0 heterocycles. The van der Waals surface area contributed by atoms with Gasteiger partial charge in [0.05, 0.1) is 13.2 Å². The number of unbranched alkanes of at least 4 members (excludes halogenated alkanes) is 11. The summed E-state index contributed by atoms with van der Waals surface area (Å²) in [4.78, 5) is 25.5. The molecule has 0 spiro atoms. The van der Waals surface area contributed by atoms with Gasteiger partial charge < -0.3 is 9.47 Å². The molecular weight excluding hydrogens is 364 g/mol. The van der Waals surface area contributed by atoms with E-state index in [-0.39, 0.29) is 19.1 Å². The Balaban J connectivity index is 4.35. The first-order valence-electron chi connectivity index (χ1n) is 12.3. The third-order valence-electron chi connectivity index (χ3n) is 5.55. The van der Waals surface area contributed by atoms with Crippen LogP contribution in [-0.4, -0.2) is 25.2 Å². The normalized spacial score (nSPS) is 11.7. The lowest BCUT2D eigenvalue weighted by Crippen LogP contribution is -2.43. The highest BCUT2D eigenvalue weighted by Gasteiger charge is 2.48. The molecule has 0 aliphatic carbocycles. The summed E-state index contributed by atoms with van der Waals surface area (Å²) in [6, 6.07) is 0. The second-order valence-corrected chi connectivity index (χ2v) is 8.76. The Morgan fingerprint density at radius 2 is 1.03 bits per heavy atom. The molecule has 0 amide bonds. The Bertz CT molecular complexity index is 399. The van der Waals surface area contributed by atoms with Crippen LogP contribution < -0.4 is 0 Å². The van der Waals surface area contributed by atoms with Crippen molar-refractivity contribution in [2.24, 2.45) is 11.3 Å². The predicted octanol–water partition coefficient (Wildman–Crippen LogP) is 7.24. The summed E-state index contributed by atoms with van der Waals surface area (Å²) in [5.41, 5.74) is -1.14. The number of carbonyl (C=O) groups is 2. The molecule has 0 aromatic carbocycles. The van der Waals surface area contributed by atoms with E-state index in [1.165, 1.54) is 64.2 Å². The third kappa shape index (κ3) is 12.3. The predicted molar refractivity (Wildman–Crippen MR) is 121 cm³/mol. The van der Waals surface area contributed by atoms with E-state index >= 15 is 0 Å². The number of ether oxygens (including phenoxy) is 2. The van der Waals surface area contributed by atoms with Gasteiger partial charge in [-0.05, 0) is 32.6 Å². The maximum Gasteiger partial charge on any atom is 0.323 e. The average molecular weight is 413 g/mol. The van der Waals surface area contributed by atoms with Gasteiger partial charge in [-0.3, -0.25) is 9.59 Å². The van der Waals surface area contributed by atoms with Gasteiger partial charge in [-0.1, -0.05) is 97.8 Å². The summed E-state index contributed by atoms with van der Waals surface area (Å²) in [6.07, 6.45) is 16.1. The zero-order valence-corrected chi connectivity index (χ0v) is 20.0. The summed E-state index contributed by atoms with van der Waals surface area (Å²) in [7, 11) is 0. The number of carbonyl (C=O) groups excluding carboxylic acids is 2. The second kappa shape index (κ2) is 17.8. The van der Waals surface area contributed by atoms with Crippen LogP contribution >= 0.6 is 0 Å². The molecule has 0 saturated carbocycles. The minimum Gasteiger partial charge on any atom is -0.465 e. The molecule has 0 aromatic heterocycles. The summed E-state index contributed by atoms with van der Waals surface area (Å²) >= 11 is 0. The molecule has 0 radical (unpaired) electrons. The number of esters is 2. The van der Waals surface area contributed by atoms with E-state index in [4.69, 9.17) is 9.47 Å². The molecule has 0 atom stereocenters. The maximum atomic E-state index is 12.7. The Labute approximate surface area is 180 Å². The highest BCUT2D eigenvalue weighted by atomic mass is 16.6. The molecule has 0 aromatic rings. The van der Waals surface area contributed by atoms with Crippen molar-refractivity contribution in [3.8, 4) is 0 Å². The van der Waals surface area contributed by atoms with Crippen molar-refractivity contribution < 1.29 is 19.1 Å². The van der Waals surface area contributed by atoms with E-state index in [1.54, 1.807) is 13.8 Å². The standard InChI is InChI=1S/C25H48O4/c1-6-9-10-11-12-13-14-15-16-17-18-19-20-25(21-22(4)5,23(26)28-7-2)24(27)29-8-3/h22H,6-21H2,1-5H3. The van der Waals surface area contributed by atoms with Crippen molar-refractivity contribution in [1.82, 2.24) is 0 Å². The van der Waals surface area contributed by atoms with Gasteiger partial charge in [0.25, 0.3) is 0 Å². The molecule has 0 saturated heterocycles. The summed E-state index contributed by atoms with van der Waals surface area (Å²) in [6.45, 7) is 10.5. The van der Waals surface area contributed by atoms with Gasteiger partial charge in [-0.15, -0.1) is 0 Å². The fraction of sp³-hybridized carbons (Fsp3) is 0.920. The monoisotopic (exact) mass is 412 g/mol. The van der Waals surface area contributed by atoms with Crippen molar-refractivity contribution in [3.05, 3.63) is 0 Å². The SMILES string of the molecule is CCCCCCCCCCCCCCC(CC(C)C)(C(=O)OCC)C(=O)OCC. The fourth-order valence-electron chi connectivity index (χ4n) is 4.06.